The van der Waals surface area contributed by atoms with Gasteiger partial charge in [0.2, 0.25) is 11.5 Å². The zero-order valence-corrected chi connectivity index (χ0v) is 20.2. The molecule has 0 spiro atoms. The molecule has 190 valence electrons. The van der Waals surface area contributed by atoms with Crippen molar-refractivity contribution in [3.05, 3.63) is 122 Å². The summed E-state index contributed by atoms with van der Waals surface area (Å²) in [5.41, 5.74) is 2.36. The lowest BCUT2D eigenvalue weighted by Gasteiger charge is -2.08. The Morgan fingerprint density at radius 3 is 2.53 bits per heavy atom. The van der Waals surface area contributed by atoms with Crippen LogP contribution in [0.3, 0.4) is 0 Å². The van der Waals surface area contributed by atoms with Crippen LogP contribution >= 0.6 is 11.3 Å². The van der Waals surface area contributed by atoms with Gasteiger partial charge in [-0.15, -0.1) is 11.3 Å². The first-order chi connectivity index (χ1) is 18.4. The van der Waals surface area contributed by atoms with E-state index in [2.05, 4.69) is 15.8 Å². The van der Waals surface area contributed by atoms with Gasteiger partial charge in [-0.05, 0) is 53.9 Å². The van der Waals surface area contributed by atoms with Gasteiger partial charge in [0, 0.05) is 22.1 Å². The number of nitro benzene ring substituents is 1. The lowest BCUT2D eigenvalue weighted by molar-refractivity contribution is -0.385. The molecule has 2 N–H and O–H groups in total. The standard InChI is InChI=1S/C26H18N4O7S/c31-24(18-6-2-1-3-7-18)28-20(15-19-8-5-13-38-19)25(32)29-27-16-17-10-11-22(21(14-17)30(34)35)37-26(33)23-9-4-12-36-23/h1-16H,(H,28,31)(H,29,32)/b20-15+,27-16+. The molecule has 4 aromatic rings. The van der Waals surface area contributed by atoms with Crippen LogP contribution in [0, 0.1) is 10.1 Å². The fraction of sp³-hybridized carbons (Fsp3) is 0. The molecular formula is C26H18N4O7S. The number of esters is 1. The molecule has 2 heterocycles. The van der Waals surface area contributed by atoms with E-state index in [9.17, 15) is 24.5 Å². The Bertz CT molecular complexity index is 1510. The normalized spacial score (nSPS) is 11.2. The molecule has 12 heteroatoms. The molecule has 0 unspecified atom stereocenters. The number of carbonyl (C=O) groups is 3. The van der Waals surface area contributed by atoms with Gasteiger partial charge in [0.1, 0.15) is 5.70 Å². The molecule has 0 aliphatic heterocycles. The Morgan fingerprint density at radius 1 is 1.03 bits per heavy atom. The van der Waals surface area contributed by atoms with Crippen molar-refractivity contribution in [2.45, 2.75) is 0 Å². The molecule has 0 aliphatic carbocycles. The molecule has 0 bridgehead atoms. The summed E-state index contributed by atoms with van der Waals surface area (Å²) in [6.45, 7) is 0. The molecule has 38 heavy (non-hydrogen) atoms. The van der Waals surface area contributed by atoms with Crippen molar-refractivity contribution in [2.75, 3.05) is 0 Å². The van der Waals surface area contributed by atoms with Crippen LogP contribution < -0.4 is 15.5 Å². The summed E-state index contributed by atoms with van der Waals surface area (Å²) in [5, 5.41) is 19.8. The number of amides is 2. The van der Waals surface area contributed by atoms with Gasteiger partial charge >= 0.3 is 11.7 Å². The van der Waals surface area contributed by atoms with E-state index < -0.39 is 28.4 Å². The smallest absolute Gasteiger partial charge is 0.379 e. The van der Waals surface area contributed by atoms with Crippen LogP contribution in [0.2, 0.25) is 0 Å². The summed E-state index contributed by atoms with van der Waals surface area (Å²) in [5.74, 6) is -2.49. The quantitative estimate of drug-likeness (QED) is 0.0812. The second-order valence-electron chi connectivity index (χ2n) is 7.44. The Kier molecular flexibility index (Phi) is 8.16. The number of nitrogens with one attached hydrogen (secondary N) is 2. The Morgan fingerprint density at radius 2 is 1.84 bits per heavy atom. The van der Waals surface area contributed by atoms with Gasteiger partial charge in [-0.3, -0.25) is 19.7 Å². The highest BCUT2D eigenvalue weighted by Crippen LogP contribution is 2.28. The zero-order chi connectivity index (χ0) is 26.9. The molecule has 2 aromatic heterocycles. The maximum Gasteiger partial charge on any atom is 0.379 e. The number of carbonyl (C=O) groups excluding carboxylic acids is 3. The minimum absolute atomic E-state index is 0.0513. The van der Waals surface area contributed by atoms with Crippen LogP contribution in [0.1, 0.15) is 31.4 Å². The number of hydrogen-bond acceptors (Lipinski definition) is 9. The number of rotatable bonds is 9. The minimum Gasteiger partial charge on any atom is -0.457 e. The summed E-state index contributed by atoms with van der Waals surface area (Å²) < 4.78 is 10.0. The van der Waals surface area contributed by atoms with E-state index in [4.69, 9.17) is 9.15 Å². The average molecular weight is 531 g/mol. The largest absolute Gasteiger partial charge is 0.457 e. The molecule has 0 radical (unpaired) electrons. The fourth-order valence-corrected chi connectivity index (χ4v) is 3.73. The molecular weight excluding hydrogens is 512 g/mol. The van der Waals surface area contributed by atoms with Gasteiger partial charge in [-0.25, -0.2) is 10.2 Å². The second-order valence-corrected chi connectivity index (χ2v) is 8.42. The molecule has 4 rings (SSSR count). The number of furan rings is 1. The molecule has 2 amide bonds. The highest BCUT2D eigenvalue weighted by atomic mass is 32.1. The van der Waals surface area contributed by atoms with Crippen molar-refractivity contribution in [3.8, 4) is 5.75 Å². The van der Waals surface area contributed by atoms with Crippen molar-refractivity contribution in [2.24, 2.45) is 5.10 Å². The third-order valence-corrected chi connectivity index (χ3v) is 5.66. The Hall–Kier alpha value is -5.36. The molecule has 0 saturated carbocycles. The third-order valence-electron chi connectivity index (χ3n) is 4.84. The van der Waals surface area contributed by atoms with Crippen molar-refractivity contribution < 1.29 is 28.5 Å². The number of benzene rings is 2. The highest BCUT2D eigenvalue weighted by molar-refractivity contribution is 7.10. The summed E-state index contributed by atoms with van der Waals surface area (Å²) in [7, 11) is 0. The number of ether oxygens (including phenoxy) is 1. The van der Waals surface area contributed by atoms with E-state index in [0.717, 1.165) is 10.9 Å². The van der Waals surface area contributed by atoms with Gasteiger partial charge in [0.05, 0.1) is 17.4 Å². The zero-order valence-electron chi connectivity index (χ0n) is 19.4. The van der Waals surface area contributed by atoms with E-state index >= 15 is 0 Å². The van der Waals surface area contributed by atoms with Crippen LogP contribution in [-0.2, 0) is 4.79 Å². The first kappa shape index (κ1) is 25.7. The maximum absolute atomic E-state index is 12.8. The molecule has 2 aromatic carbocycles. The van der Waals surface area contributed by atoms with Crippen molar-refractivity contribution in [3.63, 3.8) is 0 Å². The lowest BCUT2D eigenvalue weighted by Crippen LogP contribution is -2.32. The predicted molar refractivity (Wildman–Crippen MR) is 139 cm³/mol. The Balaban J connectivity index is 1.48. The second kappa shape index (κ2) is 12.1. The first-order valence-corrected chi connectivity index (χ1v) is 11.8. The Labute approximate surface area is 219 Å². The monoisotopic (exact) mass is 530 g/mol. The van der Waals surface area contributed by atoms with E-state index in [-0.39, 0.29) is 22.8 Å². The maximum atomic E-state index is 12.8. The van der Waals surface area contributed by atoms with Crippen molar-refractivity contribution in [1.82, 2.24) is 10.7 Å². The van der Waals surface area contributed by atoms with Crippen molar-refractivity contribution >= 4 is 47.1 Å². The summed E-state index contributed by atoms with van der Waals surface area (Å²) in [6.07, 6.45) is 3.95. The summed E-state index contributed by atoms with van der Waals surface area (Å²) >= 11 is 1.37. The van der Waals surface area contributed by atoms with E-state index in [1.165, 1.54) is 54.2 Å². The summed E-state index contributed by atoms with van der Waals surface area (Å²) in [4.78, 5) is 49.0. The van der Waals surface area contributed by atoms with Crippen LogP contribution in [0.4, 0.5) is 5.69 Å². The number of nitro groups is 1. The molecule has 0 fully saturated rings. The van der Waals surface area contributed by atoms with Gasteiger partial charge in [0.25, 0.3) is 11.8 Å². The van der Waals surface area contributed by atoms with Crippen LogP contribution in [0.15, 0.2) is 99.7 Å². The average Bonchev–Trinajstić information content (AvgIpc) is 3.64. The van der Waals surface area contributed by atoms with E-state index in [0.29, 0.717) is 5.56 Å². The lowest BCUT2D eigenvalue weighted by atomic mass is 10.2. The molecule has 11 nitrogen and oxygen atoms in total. The third kappa shape index (κ3) is 6.65. The SMILES string of the molecule is O=C(N/N=C/c1ccc(OC(=O)c2ccco2)c([N+](=O)[O-])c1)/C(=C\c1cccs1)NC(=O)c1ccccc1. The molecule has 0 aliphatic rings. The van der Waals surface area contributed by atoms with Gasteiger partial charge in [-0.1, -0.05) is 24.3 Å². The number of hydrogen-bond donors (Lipinski definition) is 2. The van der Waals surface area contributed by atoms with E-state index in [1.54, 1.807) is 42.5 Å². The van der Waals surface area contributed by atoms with Crippen LogP contribution in [0.25, 0.3) is 6.08 Å². The first-order valence-electron chi connectivity index (χ1n) is 10.9. The highest BCUT2D eigenvalue weighted by Gasteiger charge is 2.21. The van der Waals surface area contributed by atoms with Crippen molar-refractivity contribution in [1.29, 1.82) is 0 Å². The fourth-order valence-electron chi connectivity index (χ4n) is 3.07. The van der Waals surface area contributed by atoms with Gasteiger partial charge in [-0.2, -0.15) is 5.10 Å². The topological polar surface area (TPSA) is 153 Å². The van der Waals surface area contributed by atoms with Gasteiger partial charge in [0.15, 0.2) is 0 Å². The minimum atomic E-state index is -0.894. The molecule has 0 atom stereocenters. The van der Waals surface area contributed by atoms with E-state index in [1.807, 2.05) is 5.38 Å². The number of nitrogens with zero attached hydrogens (tertiary/aromatic N) is 2. The van der Waals surface area contributed by atoms with Gasteiger partial charge < -0.3 is 14.5 Å². The number of hydrazone groups is 1. The van der Waals surface area contributed by atoms with Crippen LogP contribution in [0.5, 0.6) is 5.75 Å². The summed E-state index contributed by atoms with van der Waals surface area (Å²) in [6, 6.07) is 18.6. The number of thiophene rings is 1. The molecule has 0 saturated heterocycles. The predicted octanol–water partition coefficient (Wildman–Crippen LogP) is 4.39. The van der Waals surface area contributed by atoms with Crippen LogP contribution in [-0.4, -0.2) is 28.9 Å².